The summed E-state index contributed by atoms with van der Waals surface area (Å²) in [6.07, 6.45) is 1.37. The molecule has 0 atom stereocenters. The van der Waals surface area contributed by atoms with Crippen molar-refractivity contribution in [2.45, 2.75) is 45.4 Å². The van der Waals surface area contributed by atoms with Crippen molar-refractivity contribution in [2.75, 3.05) is 0 Å². The van der Waals surface area contributed by atoms with Crippen LogP contribution in [0.1, 0.15) is 33.3 Å². The number of hydrogen-bond acceptors (Lipinski definition) is 4. The molecule has 1 aromatic rings. The van der Waals surface area contributed by atoms with Crippen molar-refractivity contribution >= 4 is 10.0 Å². The minimum absolute atomic E-state index is 0.0109. The molecule has 2 rings (SSSR count). The molecule has 1 heterocycles. The zero-order chi connectivity index (χ0) is 14.5. The van der Waals surface area contributed by atoms with Gasteiger partial charge in [-0.25, -0.2) is 18.1 Å². The van der Waals surface area contributed by atoms with Gasteiger partial charge in [-0.2, -0.15) is 0 Å². The second-order valence-corrected chi connectivity index (χ2v) is 7.82. The monoisotopic (exact) mass is 284 g/mol. The molecular formula is C13H20N2O3S. The molecule has 0 aliphatic heterocycles. The average molecular weight is 284 g/mol. The van der Waals surface area contributed by atoms with E-state index in [1.165, 1.54) is 12.3 Å². The summed E-state index contributed by atoms with van der Waals surface area (Å²) in [4.78, 5) is 3.89. The maximum Gasteiger partial charge on any atom is 0.258 e. The van der Waals surface area contributed by atoms with Crippen molar-refractivity contribution < 1.29 is 13.5 Å². The van der Waals surface area contributed by atoms with Gasteiger partial charge in [0.1, 0.15) is 0 Å². The van der Waals surface area contributed by atoms with Crippen molar-refractivity contribution in [1.82, 2.24) is 9.71 Å². The molecule has 0 amide bonds. The Morgan fingerprint density at radius 1 is 1.26 bits per heavy atom. The molecule has 1 aromatic heterocycles. The van der Waals surface area contributed by atoms with E-state index in [1.807, 2.05) is 27.7 Å². The molecule has 0 spiro atoms. The molecule has 19 heavy (non-hydrogen) atoms. The van der Waals surface area contributed by atoms with Crippen molar-refractivity contribution in [3.63, 3.8) is 0 Å². The fourth-order valence-electron chi connectivity index (χ4n) is 2.37. The molecule has 2 N–H and O–H groups in total. The van der Waals surface area contributed by atoms with Crippen LogP contribution in [0.2, 0.25) is 0 Å². The highest BCUT2D eigenvalue weighted by atomic mass is 32.2. The van der Waals surface area contributed by atoms with Gasteiger partial charge in [-0.3, -0.25) is 0 Å². The summed E-state index contributed by atoms with van der Waals surface area (Å²) >= 11 is 0. The summed E-state index contributed by atoms with van der Waals surface area (Å²) in [6.45, 7) is 8.03. The van der Waals surface area contributed by atoms with Crippen LogP contribution < -0.4 is 4.72 Å². The van der Waals surface area contributed by atoms with E-state index < -0.39 is 10.0 Å². The van der Waals surface area contributed by atoms with Gasteiger partial charge in [-0.15, -0.1) is 0 Å². The Morgan fingerprint density at radius 3 is 2.21 bits per heavy atom. The number of pyridine rings is 1. The number of aliphatic hydroxyl groups is 1. The van der Waals surface area contributed by atoms with Crippen LogP contribution >= 0.6 is 0 Å². The molecule has 5 nitrogen and oxygen atoms in total. The summed E-state index contributed by atoms with van der Waals surface area (Å²) in [5.41, 5.74) is 0.460. The summed E-state index contributed by atoms with van der Waals surface area (Å²) in [7, 11) is -3.61. The lowest BCUT2D eigenvalue weighted by atomic mass is 10.0. The minimum Gasteiger partial charge on any atom is -0.392 e. The molecule has 0 radical (unpaired) electrons. The lowest BCUT2D eigenvalue weighted by molar-refractivity contribution is 0.281. The number of nitrogens with one attached hydrogen (secondary N) is 1. The summed E-state index contributed by atoms with van der Waals surface area (Å²) < 4.78 is 27.2. The lowest BCUT2D eigenvalue weighted by Gasteiger charge is -2.07. The smallest absolute Gasteiger partial charge is 0.258 e. The first kappa shape index (κ1) is 14.4. The quantitative estimate of drug-likeness (QED) is 0.873. The number of aliphatic hydroxyl groups excluding tert-OH is 1. The van der Waals surface area contributed by atoms with Gasteiger partial charge in [-0.05, 0) is 22.5 Å². The molecular weight excluding hydrogens is 264 g/mol. The van der Waals surface area contributed by atoms with Crippen LogP contribution in [-0.4, -0.2) is 24.6 Å². The highest BCUT2D eigenvalue weighted by molar-refractivity contribution is 7.89. The Kier molecular flexibility index (Phi) is 3.24. The normalized spacial score (nSPS) is 21.3. The maximum atomic E-state index is 12.2. The summed E-state index contributed by atoms with van der Waals surface area (Å²) in [5.74, 6) is 0. The van der Waals surface area contributed by atoms with E-state index in [2.05, 4.69) is 9.71 Å². The Labute approximate surface area is 114 Å². The largest absolute Gasteiger partial charge is 0.392 e. The van der Waals surface area contributed by atoms with Gasteiger partial charge in [0.05, 0.1) is 6.61 Å². The van der Waals surface area contributed by atoms with E-state index in [0.717, 1.165) is 0 Å². The Bertz CT molecular complexity index is 562. The van der Waals surface area contributed by atoms with Gasteiger partial charge in [0.15, 0.2) is 5.03 Å². The zero-order valence-electron chi connectivity index (χ0n) is 11.6. The third-order valence-corrected chi connectivity index (χ3v) is 5.89. The highest BCUT2D eigenvalue weighted by Crippen LogP contribution is 2.62. The Hall–Kier alpha value is -0.980. The van der Waals surface area contributed by atoms with Crippen LogP contribution in [0.3, 0.4) is 0 Å². The molecule has 1 fully saturated rings. The fourth-order valence-corrected chi connectivity index (χ4v) is 3.83. The summed E-state index contributed by atoms with van der Waals surface area (Å²) in [5, 5.41) is 8.91. The van der Waals surface area contributed by atoms with Crippen LogP contribution in [0.15, 0.2) is 23.4 Å². The van der Waals surface area contributed by atoms with Gasteiger partial charge in [-0.1, -0.05) is 33.8 Å². The molecule has 0 unspecified atom stereocenters. The highest BCUT2D eigenvalue weighted by Gasteiger charge is 2.66. The molecule has 0 saturated heterocycles. The third kappa shape index (κ3) is 2.28. The fraction of sp³-hybridized carbons (Fsp3) is 0.615. The molecule has 106 valence electrons. The Morgan fingerprint density at radius 2 is 1.84 bits per heavy atom. The second kappa shape index (κ2) is 4.26. The first-order chi connectivity index (χ1) is 8.63. The summed E-state index contributed by atoms with van der Waals surface area (Å²) in [6, 6.07) is 2.88. The molecule has 1 aliphatic carbocycles. The first-order valence-corrected chi connectivity index (χ1v) is 7.69. The first-order valence-electron chi connectivity index (χ1n) is 6.21. The number of sulfonamides is 1. The molecule has 6 heteroatoms. The topological polar surface area (TPSA) is 79.3 Å². The SMILES string of the molecule is CC1(C)C(NS(=O)(=O)c2ccc(CO)cn2)C1(C)C. The van der Waals surface area contributed by atoms with E-state index in [-0.39, 0.29) is 28.5 Å². The van der Waals surface area contributed by atoms with Crippen molar-refractivity contribution in [2.24, 2.45) is 10.8 Å². The van der Waals surface area contributed by atoms with E-state index in [0.29, 0.717) is 5.56 Å². The average Bonchev–Trinajstić information content (AvgIpc) is 2.71. The van der Waals surface area contributed by atoms with Crippen LogP contribution in [0.25, 0.3) is 0 Å². The van der Waals surface area contributed by atoms with Crippen molar-refractivity contribution in [3.05, 3.63) is 23.9 Å². The van der Waals surface area contributed by atoms with Crippen molar-refractivity contribution in [3.8, 4) is 0 Å². The third-order valence-electron chi connectivity index (χ3n) is 4.55. The van der Waals surface area contributed by atoms with E-state index in [4.69, 9.17) is 5.11 Å². The minimum atomic E-state index is -3.61. The zero-order valence-corrected chi connectivity index (χ0v) is 12.5. The Balaban J connectivity index is 2.20. The maximum absolute atomic E-state index is 12.2. The lowest BCUT2D eigenvalue weighted by Crippen LogP contribution is -2.30. The second-order valence-electron chi connectivity index (χ2n) is 6.16. The molecule has 0 bridgehead atoms. The molecule has 0 aromatic carbocycles. The van der Waals surface area contributed by atoms with E-state index in [1.54, 1.807) is 6.07 Å². The standard InChI is InChI=1S/C13H20N2O3S/c1-12(2)11(13(12,3)4)15-19(17,18)10-6-5-9(8-16)7-14-10/h5-7,11,15-16H,8H2,1-4H3. The number of aromatic nitrogens is 1. The van der Waals surface area contributed by atoms with Gasteiger partial charge in [0.25, 0.3) is 10.0 Å². The van der Waals surface area contributed by atoms with Gasteiger partial charge in [0.2, 0.25) is 0 Å². The molecule has 1 aliphatic rings. The van der Waals surface area contributed by atoms with Crippen LogP contribution in [-0.2, 0) is 16.6 Å². The van der Waals surface area contributed by atoms with Gasteiger partial charge < -0.3 is 5.11 Å². The molecule has 1 saturated carbocycles. The van der Waals surface area contributed by atoms with E-state index in [9.17, 15) is 8.42 Å². The van der Waals surface area contributed by atoms with Crippen molar-refractivity contribution in [1.29, 1.82) is 0 Å². The number of nitrogens with zero attached hydrogens (tertiary/aromatic N) is 1. The van der Waals surface area contributed by atoms with Crippen LogP contribution in [0.5, 0.6) is 0 Å². The van der Waals surface area contributed by atoms with E-state index >= 15 is 0 Å². The predicted molar refractivity (Wildman–Crippen MR) is 71.8 cm³/mol. The number of hydrogen-bond donors (Lipinski definition) is 2. The predicted octanol–water partition coefficient (Wildman–Crippen LogP) is 1.29. The van der Waals surface area contributed by atoms with Gasteiger partial charge in [0, 0.05) is 12.2 Å². The van der Waals surface area contributed by atoms with Gasteiger partial charge >= 0.3 is 0 Å². The van der Waals surface area contributed by atoms with Crippen LogP contribution in [0, 0.1) is 10.8 Å². The number of rotatable bonds is 4. The van der Waals surface area contributed by atoms with Crippen LogP contribution in [0.4, 0.5) is 0 Å².